The predicted molar refractivity (Wildman–Crippen MR) is 270 cm³/mol. The molecule has 72 heavy (non-hydrogen) atoms. The van der Waals surface area contributed by atoms with Crippen molar-refractivity contribution in [3.05, 3.63) is 126 Å². The van der Waals surface area contributed by atoms with Crippen LogP contribution in [0.4, 0.5) is 28.6 Å². The summed E-state index contributed by atoms with van der Waals surface area (Å²) in [5.41, 5.74) is 12.0. The Labute approximate surface area is 416 Å². The van der Waals surface area contributed by atoms with E-state index in [2.05, 4.69) is 30.6 Å². The van der Waals surface area contributed by atoms with Crippen LogP contribution < -0.4 is 45.1 Å². The average molecular weight is 988 g/mol. The van der Waals surface area contributed by atoms with Crippen LogP contribution in [0.1, 0.15) is 46.4 Å². The second-order valence-corrected chi connectivity index (χ2v) is 17.9. The fourth-order valence-corrected chi connectivity index (χ4v) is 9.22. The van der Waals surface area contributed by atoms with Crippen LogP contribution in [-0.4, -0.2) is 93.2 Å². The van der Waals surface area contributed by atoms with Crippen LogP contribution >= 0.6 is 11.6 Å². The van der Waals surface area contributed by atoms with Crippen LogP contribution in [0.2, 0.25) is 5.15 Å². The smallest absolute Gasteiger partial charge is 0.267 e. The van der Waals surface area contributed by atoms with E-state index >= 15 is 0 Å². The number of amides is 4. The first kappa shape index (κ1) is 45.7. The Balaban J connectivity index is 0.000000156. The van der Waals surface area contributed by atoms with E-state index in [-0.39, 0.29) is 95.6 Å². The zero-order valence-electron chi connectivity index (χ0n) is 39.0. The summed E-state index contributed by atoms with van der Waals surface area (Å²) < 4.78 is 26.5. The normalized spacial score (nSPS) is 15.3. The molecule has 4 aromatic heterocycles. The molecule has 20 heteroatoms. The maximum Gasteiger partial charge on any atom is 0.267 e. The number of hydrogen-bond donors (Lipinski definition) is 3. The molecule has 2 aliphatic heterocycles. The molecule has 0 radical (unpaired) electrons. The molecule has 2 saturated carbocycles. The number of para-hydroxylation sites is 4. The van der Waals surface area contributed by atoms with Crippen LogP contribution in [0, 0.1) is 11.8 Å². The number of nitrogen functional groups attached to an aromatic ring is 1. The number of nitrogens with two attached hydrogens (primary N) is 1. The summed E-state index contributed by atoms with van der Waals surface area (Å²) in [6.07, 6.45) is 9.89. The van der Waals surface area contributed by atoms with Gasteiger partial charge in [-0.15, -0.1) is 0 Å². The highest BCUT2D eigenvalue weighted by Gasteiger charge is 2.34. The summed E-state index contributed by atoms with van der Waals surface area (Å²) in [4.78, 5) is 72.0. The van der Waals surface area contributed by atoms with Crippen molar-refractivity contribution in [1.82, 2.24) is 29.1 Å². The number of aromatic nitrogens is 6. The van der Waals surface area contributed by atoms with Gasteiger partial charge in [0.2, 0.25) is 23.6 Å². The van der Waals surface area contributed by atoms with Gasteiger partial charge in [-0.3, -0.25) is 19.2 Å². The second kappa shape index (κ2) is 18.9. The molecule has 4 aliphatic rings. The molecular formula is C52H46ClN11O8. The molecule has 0 bridgehead atoms. The lowest BCUT2D eigenvalue weighted by atomic mass is 10.1. The van der Waals surface area contributed by atoms with E-state index in [1.54, 1.807) is 24.0 Å². The van der Waals surface area contributed by atoms with Crippen LogP contribution in [0.5, 0.6) is 23.3 Å². The Morgan fingerprint density at radius 2 is 1.10 bits per heavy atom. The predicted octanol–water partition coefficient (Wildman–Crippen LogP) is 7.87. The minimum absolute atomic E-state index is 0.00873. The quantitative estimate of drug-likeness (QED) is 0.111. The van der Waals surface area contributed by atoms with Gasteiger partial charge in [-0.05, 0) is 86.3 Å². The van der Waals surface area contributed by atoms with E-state index in [4.69, 9.17) is 36.3 Å². The lowest BCUT2D eigenvalue weighted by molar-refractivity contribution is -0.118. The van der Waals surface area contributed by atoms with E-state index in [0.29, 0.717) is 34.2 Å². The number of nitrogens with zero attached hydrogens (tertiary/aromatic N) is 8. The molecule has 0 spiro atoms. The van der Waals surface area contributed by atoms with Gasteiger partial charge in [0.25, 0.3) is 11.8 Å². The number of fused-ring (bicyclic) bond motifs is 4. The molecule has 0 atom stereocenters. The number of hydrogen-bond acceptors (Lipinski definition) is 13. The molecule has 2 aliphatic carbocycles. The van der Waals surface area contributed by atoms with Crippen LogP contribution in [0.25, 0.3) is 33.2 Å². The van der Waals surface area contributed by atoms with Crippen LogP contribution in [0.3, 0.4) is 0 Å². The van der Waals surface area contributed by atoms with Crippen molar-refractivity contribution in [2.24, 2.45) is 11.8 Å². The average Bonchev–Trinajstić information content (AvgIpc) is 4.34. The molecule has 19 nitrogen and oxygen atoms in total. The van der Waals surface area contributed by atoms with E-state index in [1.807, 2.05) is 106 Å². The largest absolute Gasteiger partial charge is 0.495 e. The Morgan fingerprint density at radius 1 is 0.639 bits per heavy atom. The third-order valence-corrected chi connectivity index (χ3v) is 13.2. The Morgan fingerprint density at radius 3 is 1.58 bits per heavy atom. The van der Waals surface area contributed by atoms with Crippen molar-refractivity contribution < 1.29 is 38.1 Å². The topological polar surface area (TPSA) is 223 Å². The monoisotopic (exact) mass is 987 g/mol. The number of benzene rings is 4. The Kier molecular flexibility index (Phi) is 12.0. The van der Waals surface area contributed by atoms with Gasteiger partial charge in [-0.1, -0.05) is 35.9 Å². The third-order valence-electron chi connectivity index (χ3n) is 12.9. The minimum atomic E-state index is -0.365. The molecule has 8 aromatic rings. The van der Waals surface area contributed by atoms with Gasteiger partial charge in [-0.2, -0.15) is 0 Å². The van der Waals surface area contributed by atoms with Crippen molar-refractivity contribution >= 4 is 85.6 Å². The van der Waals surface area contributed by atoms with Crippen LogP contribution in [-0.2, 0) is 9.59 Å². The van der Waals surface area contributed by atoms with Gasteiger partial charge < -0.3 is 54.2 Å². The summed E-state index contributed by atoms with van der Waals surface area (Å²) in [7, 11) is 3.25. The zero-order valence-corrected chi connectivity index (χ0v) is 39.8. The lowest BCUT2D eigenvalue weighted by Crippen LogP contribution is -2.33. The van der Waals surface area contributed by atoms with Gasteiger partial charge in [0.1, 0.15) is 59.5 Å². The third kappa shape index (κ3) is 8.56. The van der Waals surface area contributed by atoms with Crippen molar-refractivity contribution in [1.29, 1.82) is 0 Å². The summed E-state index contributed by atoms with van der Waals surface area (Å²) in [5, 5.41) is 7.93. The summed E-state index contributed by atoms with van der Waals surface area (Å²) >= 11 is 6.25. The molecule has 0 unspecified atom stereocenters. The number of carbonyl (C=O) groups is 4. The SMILES string of the molecule is COc1ccccc1-n1ccc2cc(N3CCOc4ncnc(Cl)c4C3=O)cc(NC(=O)C3CC3)c21.COc1ccccc1-n1ccc2cc(N3CCOc4ncnc(N)c4C3=O)cc(NC(=O)C3CC3)c21. The first-order valence-corrected chi connectivity index (χ1v) is 23.7. The minimum Gasteiger partial charge on any atom is -0.495 e. The fraction of sp³-hybridized carbons (Fsp3) is 0.231. The highest BCUT2D eigenvalue weighted by molar-refractivity contribution is 6.34. The van der Waals surface area contributed by atoms with E-state index < -0.39 is 0 Å². The summed E-state index contributed by atoms with van der Waals surface area (Å²) in [5.74, 6) is 1.01. The molecule has 0 saturated heterocycles. The molecule has 4 aromatic carbocycles. The highest BCUT2D eigenvalue weighted by atomic mass is 35.5. The van der Waals surface area contributed by atoms with E-state index in [0.717, 1.165) is 58.9 Å². The van der Waals surface area contributed by atoms with Crippen molar-refractivity contribution in [2.45, 2.75) is 25.7 Å². The molecule has 4 N–H and O–H groups in total. The molecule has 364 valence electrons. The summed E-state index contributed by atoms with van der Waals surface area (Å²) in [6, 6.07) is 26.7. The maximum absolute atomic E-state index is 13.5. The van der Waals surface area contributed by atoms with Crippen molar-refractivity contribution in [3.63, 3.8) is 0 Å². The van der Waals surface area contributed by atoms with Crippen molar-refractivity contribution in [2.75, 3.05) is 66.7 Å². The number of carbonyl (C=O) groups excluding carboxylic acids is 4. The molecule has 2 fully saturated rings. The Hall–Kier alpha value is -8.71. The van der Waals surface area contributed by atoms with E-state index in [9.17, 15) is 19.2 Å². The standard InChI is InChI=1S/C26H22ClN5O4.C26H24N6O4/c2*1-35-20-5-3-2-4-19(20)32-9-8-16-12-17(13-18(22(16)32)30-24(33)15-6-7-15)31-10-11-36-25-21(26(31)34)23(27)28-14-29-25/h2-5,8-9,12-15H,6-7,10-11H2,1H3,(H,30,33);2-5,8-9,12-15H,6-7,10-11H2,1H3,(H,30,33)(H2,27,28,29). The first-order chi connectivity index (χ1) is 35.1. The second-order valence-electron chi connectivity index (χ2n) is 17.5. The number of methoxy groups -OCH3 is 2. The van der Waals surface area contributed by atoms with E-state index in [1.165, 1.54) is 12.7 Å². The molecular weight excluding hydrogens is 942 g/mol. The highest BCUT2D eigenvalue weighted by Crippen LogP contribution is 2.41. The summed E-state index contributed by atoms with van der Waals surface area (Å²) in [6.45, 7) is 1.03. The number of nitrogens with one attached hydrogen (secondary N) is 2. The molecule has 12 rings (SSSR count). The number of halogens is 1. The van der Waals surface area contributed by atoms with Crippen molar-refractivity contribution in [3.8, 4) is 34.6 Å². The lowest BCUT2D eigenvalue weighted by Gasteiger charge is -2.22. The van der Waals surface area contributed by atoms with Gasteiger partial charge in [0, 0.05) is 46.4 Å². The van der Waals surface area contributed by atoms with Gasteiger partial charge in [0.05, 0.1) is 61.1 Å². The number of anilines is 5. The van der Waals surface area contributed by atoms with Crippen LogP contribution in [0.15, 0.2) is 110 Å². The number of rotatable bonds is 10. The Bertz CT molecular complexity index is 3250. The molecule has 4 amide bonds. The van der Waals surface area contributed by atoms with Gasteiger partial charge in [-0.25, -0.2) is 19.9 Å². The molecule has 6 heterocycles. The zero-order chi connectivity index (χ0) is 49.6. The van der Waals surface area contributed by atoms with Gasteiger partial charge >= 0.3 is 0 Å². The maximum atomic E-state index is 13.5. The fourth-order valence-electron chi connectivity index (χ4n) is 9.02. The number of ether oxygens (including phenoxy) is 4. The van der Waals surface area contributed by atoms with Gasteiger partial charge in [0.15, 0.2) is 0 Å². The first-order valence-electron chi connectivity index (χ1n) is 23.3.